The Labute approximate surface area is 90.0 Å². The Bertz CT molecular complexity index is 244. The molecule has 0 aromatic rings. The minimum atomic E-state index is 0.391. The van der Waals surface area contributed by atoms with Crippen LogP contribution >= 0.6 is 11.8 Å². The van der Waals surface area contributed by atoms with E-state index < -0.39 is 0 Å². The van der Waals surface area contributed by atoms with E-state index in [0.29, 0.717) is 16.8 Å². The summed E-state index contributed by atoms with van der Waals surface area (Å²) < 4.78 is 5.53. The van der Waals surface area contributed by atoms with Gasteiger partial charge in [0.25, 0.3) is 0 Å². The van der Waals surface area contributed by atoms with Gasteiger partial charge < -0.3 is 4.74 Å². The van der Waals surface area contributed by atoms with Gasteiger partial charge in [-0.25, -0.2) is 0 Å². The van der Waals surface area contributed by atoms with Crippen LogP contribution in [0.3, 0.4) is 0 Å². The molecule has 2 fully saturated rings. The molecule has 0 bridgehead atoms. The molecule has 2 nitrogen and oxygen atoms in total. The van der Waals surface area contributed by atoms with Gasteiger partial charge in [-0.1, -0.05) is 0 Å². The van der Waals surface area contributed by atoms with Crippen LogP contribution in [0, 0.1) is 16.7 Å². The second-order valence-electron chi connectivity index (χ2n) is 4.55. The minimum absolute atomic E-state index is 0.391. The fourth-order valence-corrected chi connectivity index (χ4v) is 3.50. The molecular formula is C11H17NOS. The second-order valence-corrected chi connectivity index (χ2v) is 5.78. The van der Waals surface area contributed by atoms with E-state index in [2.05, 4.69) is 13.0 Å². The van der Waals surface area contributed by atoms with Crippen molar-refractivity contribution in [2.24, 2.45) is 5.41 Å². The summed E-state index contributed by atoms with van der Waals surface area (Å²) in [5.41, 5.74) is 0.391. The second kappa shape index (κ2) is 4.12. The van der Waals surface area contributed by atoms with Crippen molar-refractivity contribution in [2.45, 2.75) is 44.0 Å². The third-order valence-electron chi connectivity index (χ3n) is 3.32. The number of nitrogens with zero attached hydrogens (tertiary/aromatic N) is 1. The molecule has 0 N–H and O–H groups in total. The van der Waals surface area contributed by atoms with Crippen molar-refractivity contribution in [3.8, 4) is 6.07 Å². The number of nitriles is 1. The summed E-state index contributed by atoms with van der Waals surface area (Å²) in [7, 11) is 0. The zero-order valence-corrected chi connectivity index (χ0v) is 9.48. The van der Waals surface area contributed by atoms with E-state index in [1.807, 2.05) is 11.8 Å². The molecule has 2 unspecified atom stereocenters. The van der Waals surface area contributed by atoms with E-state index in [4.69, 9.17) is 10.00 Å². The lowest BCUT2D eigenvalue weighted by Crippen LogP contribution is -2.16. The molecule has 0 spiro atoms. The molecule has 2 rings (SSSR count). The van der Waals surface area contributed by atoms with E-state index in [0.717, 1.165) is 13.0 Å². The van der Waals surface area contributed by atoms with Crippen LogP contribution in [0.5, 0.6) is 0 Å². The average Bonchev–Trinajstić information content (AvgIpc) is 2.81. The first-order valence-electron chi connectivity index (χ1n) is 5.36. The van der Waals surface area contributed by atoms with Crippen molar-refractivity contribution < 1.29 is 4.74 Å². The highest BCUT2D eigenvalue weighted by Gasteiger charge is 2.43. The summed E-state index contributed by atoms with van der Waals surface area (Å²) in [5, 5.41) is 9.37. The Morgan fingerprint density at radius 2 is 2.36 bits per heavy atom. The molecule has 3 heteroatoms. The molecule has 1 saturated heterocycles. The van der Waals surface area contributed by atoms with Crippen LogP contribution in [0.25, 0.3) is 0 Å². The Hall–Kier alpha value is -0.200. The van der Waals surface area contributed by atoms with Crippen LogP contribution in [0.4, 0.5) is 0 Å². The highest BCUT2D eigenvalue weighted by molar-refractivity contribution is 8.00. The smallest absolute Gasteiger partial charge is 0.0666 e. The zero-order chi connectivity index (χ0) is 10.0. The van der Waals surface area contributed by atoms with Gasteiger partial charge in [0.2, 0.25) is 0 Å². The van der Waals surface area contributed by atoms with Crippen molar-refractivity contribution >= 4 is 11.8 Å². The summed E-state index contributed by atoms with van der Waals surface area (Å²) in [4.78, 5) is 0. The van der Waals surface area contributed by atoms with Gasteiger partial charge in [0.15, 0.2) is 0 Å². The maximum atomic E-state index is 8.70. The summed E-state index contributed by atoms with van der Waals surface area (Å²) in [6, 6.07) is 2.31. The van der Waals surface area contributed by atoms with Crippen LogP contribution in [0.2, 0.25) is 0 Å². The van der Waals surface area contributed by atoms with E-state index >= 15 is 0 Å². The van der Waals surface area contributed by atoms with Gasteiger partial charge in [0, 0.05) is 24.0 Å². The van der Waals surface area contributed by atoms with Crippen molar-refractivity contribution in [1.82, 2.24) is 0 Å². The molecule has 0 aromatic carbocycles. The largest absolute Gasteiger partial charge is 0.377 e. The normalized spacial score (nSPS) is 34.0. The van der Waals surface area contributed by atoms with Crippen LogP contribution in [-0.2, 0) is 4.74 Å². The fourth-order valence-electron chi connectivity index (χ4n) is 1.93. The molecular weight excluding hydrogens is 194 g/mol. The van der Waals surface area contributed by atoms with E-state index in [9.17, 15) is 0 Å². The van der Waals surface area contributed by atoms with Crippen molar-refractivity contribution in [3.05, 3.63) is 0 Å². The molecule has 1 saturated carbocycles. The van der Waals surface area contributed by atoms with Gasteiger partial charge in [-0.05, 0) is 31.6 Å². The highest BCUT2D eigenvalue weighted by atomic mass is 32.2. The standard InChI is InChI=1S/C11H17NOS/c1-9-10(2-7-13-9)14-8-11(3-4-11)5-6-12/h9-10H,2-5,7-8H2,1H3. The third-order valence-corrected chi connectivity index (χ3v) is 5.15. The number of hydrogen-bond acceptors (Lipinski definition) is 3. The van der Waals surface area contributed by atoms with Crippen LogP contribution < -0.4 is 0 Å². The van der Waals surface area contributed by atoms with Gasteiger partial charge in [0.05, 0.1) is 12.2 Å². The molecule has 1 aliphatic carbocycles. The summed E-state index contributed by atoms with van der Waals surface area (Å²) >= 11 is 2.03. The Kier molecular flexibility index (Phi) is 3.04. The van der Waals surface area contributed by atoms with Gasteiger partial charge in [-0.15, -0.1) is 0 Å². The summed E-state index contributed by atoms with van der Waals surface area (Å²) in [6.45, 7) is 3.08. The predicted octanol–water partition coefficient (Wildman–Crippen LogP) is 2.59. The topological polar surface area (TPSA) is 33.0 Å². The lowest BCUT2D eigenvalue weighted by molar-refractivity contribution is 0.127. The predicted molar refractivity (Wildman–Crippen MR) is 58.2 cm³/mol. The molecule has 0 radical (unpaired) electrons. The van der Waals surface area contributed by atoms with Gasteiger partial charge in [-0.3, -0.25) is 0 Å². The van der Waals surface area contributed by atoms with E-state index in [1.165, 1.54) is 25.0 Å². The number of thioether (sulfide) groups is 1. The number of hydrogen-bond donors (Lipinski definition) is 0. The Balaban J connectivity index is 1.74. The maximum Gasteiger partial charge on any atom is 0.0666 e. The van der Waals surface area contributed by atoms with Crippen molar-refractivity contribution in [3.63, 3.8) is 0 Å². The van der Waals surface area contributed by atoms with E-state index in [-0.39, 0.29) is 0 Å². The summed E-state index contributed by atoms with van der Waals surface area (Å²) in [6.07, 6.45) is 4.87. The minimum Gasteiger partial charge on any atom is -0.377 e. The third kappa shape index (κ3) is 2.24. The van der Waals surface area contributed by atoms with Crippen LogP contribution in [-0.4, -0.2) is 23.7 Å². The van der Waals surface area contributed by atoms with Crippen LogP contribution in [0.1, 0.15) is 32.6 Å². The lowest BCUT2D eigenvalue weighted by atomic mass is 10.1. The number of ether oxygens (including phenoxy) is 1. The molecule has 0 aromatic heterocycles. The fraction of sp³-hybridized carbons (Fsp3) is 0.909. The SMILES string of the molecule is CC1OCCC1SCC1(CC#N)CC1. The quantitative estimate of drug-likeness (QED) is 0.716. The highest BCUT2D eigenvalue weighted by Crippen LogP contribution is 2.51. The molecule has 1 aliphatic heterocycles. The summed E-state index contributed by atoms with van der Waals surface area (Å²) in [5.74, 6) is 1.17. The van der Waals surface area contributed by atoms with Gasteiger partial charge in [0.1, 0.15) is 0 Å². The molecule has 0 amide bonds. The Morgan fingerprint density at radius 1 is 1.57 bits per heavy atom. The molecule has 14 heavy (non-hydrogen) atoms. The lowest BCUT2D eigenvalue weighted by Gasteiger charge is -2.17. The maximum absolute atomic E-state index is 8.70. The van der Waals surface area contributed by atoms with Crippen LogP contribution in [0.15, 0.2) is 0 Å². The molecule has 78 valence electrons. The molecule has 2 aliphatic rings. The zero-order valence-electron chi connectivity index (χ0n) is 8.66. The molecule has 1 heterocycles. The number of rotatable bonds is 4. The Morgan fingerprint density at radius 3 is 2.86 bits per heavy atom. The first kappa shape index (κ1) is 10.3. The van der Waals surface area contributed by atoms with E-state index in [1.54, 1.807) is 0 Å². The van der Waals surface area contributed by atoms with Gasteiger partial charge >= 0.3 is 0 Å². The monoisotopic (exact) mass is 211 g/mol. The average molecular weight is 211 g/mol. The first-order valence-corrected chi connectivity index (χ1v) is 6.41. The van der Waals surface area contributed by atoms with Crippen molar-refractivity contribution in [2.75, 3.05) is 12.4 Å². The van der Waals surface area contributed by atoms with Gasteiger partial charge in [-0.2, -0.15) is 17.0 Å². The van der Waals surface area contributed by atoms with Crippen molar-refractivity contribution in [1.29, 1.82) is 5.26 Å². The first-order chi connectivity index (χ1) is 6.76. The molecule has 2 atom stereocenters.